The highest BCUT2D eigenvalue weighted by Gasteiger charge is 2.16. The summed E-state index contributed by atoms with van der Waals surface area (Å²) in [6.07, 6.45) is 3.45. The van der Waals surface area contributed by atoms with Crippen LogP contribution in [-0.2, 0) is 11.2 Å². The third-order valence-electron chi connectivity index (χ3n) is 1.70. The smallest absolute Gasteiger partial charge is 0.413 e. The minimum Gasteiger partial charge on any atom is -0.444 e. The van der Waals surface area contributed by atoms with Crippen LogP contribution in [0.1, 0.15) is 33.4 Å². The fraction of sp³-hybridized carbons (Fsp3) is 0.545. The Labute approximate surface area is 95.3 Å². The topological polar surface area (TPSA) is 64.1 Å². The summed E-state index contributed by atoms with van der Waals surface area (Å²) in [4.78, 5) is 19.5. The summed E-state index contributed by atoms with van der Waals surface area (Å²) in [5.74, 6) is 0.395. The van der Waals surface area contributed by atoms with Crippen LogP contribution in [0.25, 0.3) is 0 Å². The van der Waals surface area contributed by atoms with Gasteiger partial charge in [-0.1, -0.05) is 6.92 Å². The lowest BCUT2D eigenvalue weighted by Crippen LogP contribution is -2.27. The Morgan fingerprint density at radius 2 is 2.06 bits per heavy atom. The van der Waals surface area contributed by atoms with Crippen molar-refractivity contribution < 1.29 is 9.53 Å². The second kappa shape index (κ2) is 4.92. The van der Waals surface area contributed by atoms with Crippen molar-refractivity contribution in [1.82, 2.24) is 9.97 Å². The molecule has 0 aliphatic carbocycles. The molecular formula is C11H17N3O2. The van der Waals surface area contributed by atoms with Gasteiger partial charge in [0.15, 0.2) is 5.82 Å². The van der Waals surface area contributed by atoms with E-state index in [1.54, 1.807) is 27.0 Å². The van der Waals surface area contributed by atoms with Gasteiger partial charge in [-0.15, -0.1) is 0 Å². The standard InChI is InChI=1S/C11H17N3O2/c1-5-8-6-13-9(7-12-8)14-10(15)16-11(2,3)4/h6-7H,5H2,1-4H3,(H,13,14,15). The molecule has 0 radical (unpaired) electrons. The van der Waals surface area contributed by atoms with E-state index in [0.29, 0.717) is 5.82 Å². The average molecular weight is 223 g/mol. The average Bonchev–Trinajstić information content (AvgIpc) is 2.16. The normalized spacial score (nSPS) is 11.0. The molecule has 1 amide bonds. The minimum absolute atomic E-state index is 0.395. The van der Waals surface area contributed by atoms with Crippen molar-refractivity contribution in [3.05, 3.63) is 18.1 Å². The van der Waals surface area contributed by atoms with Gasteiger partial charge in [0.1, 0.15) is 5.60 Å². The van der Waals surface area contributed by atoms with Gasteiger partial charge in [-0.3, -0.25) is 10.3 Å². The maximum atomic E-state index is 11.4. The van der Waals surface area contributed by atoms with Gasteiger partial charge in [0.25, 0.3) is 0 Å². The monoisotopic (exact) mass is 223 g/mol. The summed E-state index contributed by atoms with van der Waals surface area (Å²) in [6.45, 7) is 7.40. The van der Waals surface area contributed by atoms with Crippen molar-refractivity contribution in [1.29, 1.82) is 0 Å². The first-order valence-corrected chi connectivity index (χ1v) is 5.21. The first kappa shape index (κ1) is 12.4. The number of nitrogens with one attached hydrogen (secondary N) is 1. The van der Waals surface area contributed by atoms with Crippen molar-refractivity contribution >= 4 is 11.9 Å². The van der Waals surface area contributed by atoms with Crippen LogP contribution in [0.3, 0.4) is 0 Å². The zero-order valence-corrected chi connectivity index (χ0v) is 10.1. The zero-order valence-electron chi connectivity index (χ0n) is 10.1. The molecule has 0 aromatic carbocycles. The Morgan fingerprint density at radius 3 is 2.50 bits per heavy atom. The van der Waals surface area contributed by atoms with Crippen LogP contribution in [0, 0.1) is 0 Å². The number of carbonyl (C=O) groups excluding carboxylic acids is 1. The number of nitrogens with zero attached hydrogens (tertiary/aromatic N) is 2. The third-order valence-corrected chi connectivity index (χ3v) is 1.70. The van der Waals surface area contributed by atoms with E-state index in [4.69, 9.17) is 4.74 Å². The minimum atomic E-state index is -0.522. The van der Waals surface area contributed by atoms with Crippen molar-refractivity contribution in [3.8, 4) is 0 Å². The highest BCUT2D eigenvalue weighted by molar-refractivity contribution is 5.83. The fourth-order valence-electron chi connectivity index (χ4n) is 1.01. The molecule has 88 valence electrons. The van der Waals surface area contributed by atoms with Gasteiger partial charge in [-0.05, 0) is 27.2 Å². The van der Waals surface area contributed by atoms with Crippen molar-refractivity contribution in [2.75, 3.05) is 5.32 Å². The Bertz CT molecular complexity index is 354. The maximum absolute atomic E-state index is 11.4. The second-order valence-corrected chi connectivity index (χ2v) is 4.37. The Hall–Kier alpha value is -1.65. The van der Waals surface area contributed by atoms with Crippen LogP contribution in [0.2, 0.25) is 0 Å². The zero-order chi connectivity index (χ0) is 12.2. The Kier molecular flexibility index (Phi) is 3.82. The molecule has 0 aliphatic rings. The highest BCUT2D eigenvalue weighted by Crippen LogP contribution is 2.09. The lowest BCUT2D eigenvalue weighted by molar-refractivity contribution is 0.0635. The van der Waals surface area contributed by atoms with E-state index in [1.807, 2.05) is 6.92 Å². The third kappa shape index (κ3) is 4.25. The molecule has 0 unspecified atom stereocenters. The summed E-state index contributed by atoms with van der Waals surface area (Å²) in [6, 6.07) is 0. The lowest BCUT2D eigenvalue weighted by Gasteiger charge is -2.19. The predicted octanol–water partition coefficient (Wildman–Crippen LogP) is 2.39. The van der Waals surface area contributed by atoms with Gasteiger partial charge in [-0.2, -0.15) is 0 Å². The van der Waals surface area contributed by atoms with Gasteiger partial charge in [0.2, 0.25) is 0 Å². The number of carbonyl (C=O) groups is 1. The van der Waals surface area contributed by atoms with Crippen molar-refractivity contribution in [3.63, 3.8) is 0 Å². The van der Waals surface area contributed by atoms with Crippen LogP contribution in [0.4, 0.5) is 10.6 Å². The number of hydrogen-bond donors (Lipinski definition) is 1. The van der Waals surface area contributed by atoms with E-state index >= 15 is 0 Å². The molecule has 1 aromatic rings. The van der Waals surface area contributed by atoms with E-state index in [-0.39, 0.29) is 0 Å². The molecule has 0 atom stereocenters. The maximum Gasteiger partial charge on any atom is 0.413 e. The van der Waals surface area contributed by atoms with Gasteiger partial charge >= 0.3 is 6.09 Å². The van der Waals surface area contributed by atoms with E-state index in [0.717, 1.165) is 12.1 Å². The van der Waals surface area contributed by atoms with Gasteiger partial charge in [0.05, 0.1) is 18.1 Å². The van der Waals surface area contributed by atoms with Crippen LogP contribution in [0.5, 0.6) is 0 Å². The summed E-state index contributed by atoms with van der Waals surface area (Å²) < 4.78 is 5.08. The fourth-order valence-corrected chi connectivity index (χ4v) is 1.01. The van der Waals surface area contributed by atoms with E-state index in [1.165, 1.54) is 6.20 Å². The SMILES string of the molecule is CCc1cnc(NC(=O)OC(C)(C)C)cn1. The molecule has 1 N–H and O–H groups in total. The second-order valence-electron chi connectivity index (χ2n) is 4.37. The largest absolute Gasteiger partial charge is 0.444 e. The molecule has 5 nitrogen and oxygen atoms in total. The van der Waals surface area contributed by atoms with Gasteiger partial charge in [-0.25, -0.2) is 9.78 Å². The number of rotatable bonds is 2. The van der Waals surface area contributed by atoms with Crippen LogP contribution in [-0.4, -0.2) is 21.7 Å². The van der Waals surface area contributed by atoms with Crippen LogP contribution < -0.4 is 5.32 Å². The molecule has 1 heterocycles. The molecule has 0 spiro atoms. The number of anilines is 1. The van der Waals surface area contributed by atoms with Crippen molar-refractivity contribution in [2.45, 2.75) is 39.7 Å². The molecule has 16 heavy (non-hydrogen) atoms. The van der Waals surface area contributed by atoms with Crippen molar-refractivity contribution in [2.24, 2.45) is 0 Å². The number of amides is 1. The summed E-state index contributed by atoms with van der Waals surface area (Å²) in [7, 11) is 0. The molecule has 1 aromatic heterocycles. The van der Waals surface area contributed by atoms with Crippen LogP contribution >= 0.6 is 0 Å². The number of aromatic nitrogens is 2. The summed E-state index contributed by atoms with van der Waals surface area (Å²) in [5.41, 5.74) is 0.371. The molecule has 1 rings (SSSR count). The molecular weight excluding hydrogens is 206 g/mol. The number of hydrogen-bond acceptors (Lipinski definition) is 4. The number of aryl methyl sites for hydroxylation is 1. The molecule has 0 saturated heterocycles. The quantitative estimate of drug-likeness (QED) is 0.836. The lowest BCUT2D eigenvalue weighted by atomic mass is 10.2. The predicted molar refractivity (Wildman–Crippen MR) is 61.3 cm³/mol. The molecule has 0 saturated carbocycles. The van der Waals surface area contributed by atoms with E-state index in [2.05, 4.69) is 15.3 Å². The molecule has 0 bridgehead atoms. The highest BCUT2D eigenvalue weighted by atomic mass is 16.6. The van der Waals surface area contributed by atoms with E-state index < -0.39 is 11.7 Å². The first-order valence-electron chi connectivity index (χ1n) is 5.21. The van der Waals surface area contributed by atoms with Crippen LogP contribution in [0.15, 0.2) is 12.4 Å². The van der Waals surface area contributed by atoms with Gasteiger partial charge < -0.3 is 4.74 Å². The van der Waals surface area contributed by atoms with Gasteiger partial charge in [0, 0.05) is 0 Å². The first-order chi connectivity index (χ1) is 7.40. The molecule has 5 heteroatoms. The Balaban J connectivity index is 2.56. The van der Waals surface area contributed by atoms with E-state index in [9.17, 15) is 4.79 Å². The Morgan fingerprint density at radius 1 is 1.38 bits per heavy atom. The number of ether oxygens (including phenoxy) is 1. The molecule has 0 aliphatic heterocycles. The molecule has 0 fully saturated rings. The summed E-state index contributed by atoms with van der Waals surface area (Å²) >= 11 is 0. The summed E-state index contributed by atoms with van der Waals surface area (Å²) in [5, 5.41) is 2.51.